The van der Waals surface area contributed by atoms with Crippen molar-refractivity contribution in [3.05, 3.63) is 53.5 Å². The summed E-state index contributed by atoms with van der Waals surface area (Å²) in [4.78, 5) is 0.347. The maximum Gasteiger partial charge on any atom is 0.175 e. The fourth-order valence-corrected chi connectivity index (χ4v) is 2.52. The molecule has 1 N–H and O–H groups in total. The van der Waals surface area contributed by atoms with Gasteiger partial charge in [0.1, 0.15) is 11.5 Å². The van der Waals surface area contributed by atoms with Crippen LogP contribution in [0.4, 0.5) is 0 Å². The Hall–Kier alpha value is -1.59. The van der Waals surface area contributed by atoms with E-state index in [1.54, 1.807) is 12.1 Å². The largest absolute Gasteiger partial charge is 0.465 e. The molecule has 0 aliphatic carbocycles. The number of hydrogen-bond donors (Lipinski definition) is 1. The van der Waals surface area contributed by atoms with Gasteiger partial charge in [0.25, 0.3) is 0 Å². The van der Waals surface area contributed by atoms with E-state index in [-0.39, 0.29) is 0 Å². The van der Waals surface area contributed by atoms with Crippen LogP contribution in [0.3, 0.4) is 0 Å². The third kappa shape index (κ3) is 3.95. The highest BCUT2D eigenvalue weighted by molar-refractivity contribution is 7.90. The van der Waals surface area contributed by atoms with Gasteiger partial charge in [-0.2, -0.15) is 0 Å². The van der Waals surface area contributed by atoms with Crippen LogP contribution >= 0.6 is 0 Å². The average Bonchev–Trinajstić information content (AvgIpc) is 2.86. The van der Waals surface area contributed by atoms with E-state index in [0.717, 1.165) is 23.5 Å². The number of rotatable bonds is 6. The van der Waals surface area contributed by atoms with Crippen LogP contribution in [0.15, 0.2) is 45.7 Å². The Morgan fingerprint density at radius 2 is 1.65 bits per heavy atom. The van der Waals surface area contributed by atoms with Gasteiger partial charge >= 0.3 is 0 Å². The van der Waals surface area contributed by atoms with Crippen molar-refractivity contribution in [2.45, 2.75) is 31.3 Å². The molecular weight excluding hydrogens is 274 g/mol. The highest BCUT2D eigenvalue weighted by Gasteiger charge is 2.06. The molecule has 0 fully saturated rings. The summed E-state index contributed by atoms with van der Waals surface area (Å²) < 4.78 is 28.3. The minimum absolute atomic E-state index is 0.347. The van der Waals surface area contributed by atoms with Crippen LogP contribution in [-0.4, -0.2) is 14.7 Å². The summed E-state index contributed by atoms with van der Waals surface area (Å²) in [5.41, 5.74) is 1.04. The lowest BCUT2D eigenvalue weighted by molar-refractivity contribution is 0.450. The summed E-state index contributed by atoms with van der Waals surface area (Å²) in [6, 6.07) is 10.9. The molecule has 0 aliphatic heterocycles. The quantitative estimate of drug-likeness (QED) is 0.889. The van der Waals surface area contributed by atoms with Crippen molar-refractivity contribution in [2.24, 2.45) is 0 Å². The Bertz CT molecular complexity index is 657. The molecular formula is C15H19NO3S. The number of sulfone groups is 1. The first-order valence-electron chi connectivity index (χ1n) is 6.56. The van der Waals surface area contributed by atoms with Crippen LogP contribution in [-0.2, 0) is 29.3 Å². The summed E-state index contributed by atoms with van der Waals surface area (Å²) in [6.45, 7) is 3.39. The van der Waals surface area contributed by atoms with Crippen molar-refractivity contribution in [2.75, 3.05) is 6.26 Å². The predicted molar refractivity (Wildman–Crippen MR) is 78.2 cm³/mol. The second-order valence-electron chi connectivity index (χ2n) is 4.74. The van der Waals surface area contributed by atoms with Crippen molar-refractivity contribution in [1.82, 2.24) is 5.32 Å². The van der Waals surface area contributed by atoms with Crippen LogP contribution in [0.1, 0.15) is 24.0 Å². The van der Waals surface area contributed by atoms with E-state index in [4.69, 9.17) is 4.42 Å². The van der Waals surface area contributed by atoms with Gasteiger partial charge in [0.05, 0.1) is 11.4 Å². The highest BCUT2D eigenvalue weighted by atomic mass is 32.2. The SMILES string of the molecule is CCc1ccc(CNCc2ccc(S(C)(=O)=O)cc2)o1. The number of benzene rings is 1. The summed E-state index contributed by atoms with van der Waals surface area (Å²) in [5, 5.41) is 3.27. The molecule has 0 saturated carbocycles. The van der Waals surface area contributed by atoms with Crippen molar-refractivity contribution in [1.29, 1.82) is 0 Å². The van der Waals surface area contributed by atoms with Gasteiger partial charge in [0, 0.05) is 19.2 Å². The number of furan rings is 1. The molecule has 1 aromatic carbocycles. The molecule has 1 heterocycles. The van der Waals surface area contributed by atoms with Gasteiger partial charge in [-0.25, -0.2) is 8.42 Å². The van der Waals surface area contributed by atoms with Crippen LogP contribution < -0.4 is 5.32 Å². The van der Waals surface area contributed by atoms with Gasteiger partial charge in [-0.05, 0) is 29.8 Å². The van der Waals surface area contributed by atoms with Crippen molar-refractivity contribution in [3.8, 4) is 0 Å². The smallest absolute Gasteiger partial charge is 0.175 e. The summed E-state index contributed by atoms with van der Waals surface area (Å²) >= 11 is 0. The molecule has 108 valence electrons. The van der Waals surface area contributed by atoms with E-state index in [1.807, 2.05) is 24.3 Å². The Morgan fingerprint density at radius 3 is 2.20 bits per heavy atom. The third-order valence-electron chi connectivity index (χ3n) is 3.05. The van der Waals surface area contributed by atoms with Crippen molar-refractivity contribution in [3.63, 3.8) is 0 Å². The minimum atomic E-state index is -3.12. The summed E-state index contributed by atoms with van der Waals surface area (Å²) in [6.07, 6.45) is 2.11. The van der Waals surface area contributed by atoms with E-state index >= 15 is 0 Å². The predicted octanol–water partition coefficient (Wildman–Crippen LogP) is 2.54. The zero-order chi connectivity index (χ0) is 14.6. The lowest BCUT2D eigenvalue weighted by Crippen LogP contribution is -2.12. The molecule has 0 amide bonds. The molecule has 0 unspecified atom stereocenters. The molecule has 0 saturated heterocycles. The first kappa shape index (κ1) is 14.8. The monoisotopic (exact) mass is 293 g/mol. The van der Waals surface area contributed by atoms with Crippen LogP contribution in [0.25, 0.3) is 0 Å². The fourth-order valence-electron chi connectivity index (χ4n) is 1.89. The minimum Gasteiger partial charge on any atom is -0.465 e. The van der Waals surface area contributed by atoms with E-state index in [0.29, 0.717) is 18.0 Å². The molecule has 2 aromatic rings. The molecule has 1 aromatic heterocycles. The normalized spacial score (nSPS) is 11.7. The van der Waals surface area contributed by atoms with Crippen molar-refractivity contribution >= 4 is 9.84 Å². The van der Waals surface area contributed by atoms with Crippen LogP contribution in [0.5, 0.6) is 0 Å². The number of nitrogens with one attached hydrogen (secondary N) is 1. The molecule has 0 spiro atoms. The topological polar surface area (TPSA) is 59.3 Å². The Balaban J connectivity index is 1.88. The molecule has 0 bridgehead atoms. The lowest BCUT2D eigenvalue weighted by Gasteiger charge is -2.04. The standard InChI is InChI=1S/C15H19NO3S/c1-3-13-6-7-14(19-13)11-16-10-12-4-8-15(9-5-12)20(2,17)18/h4-9,16H,3,10-11H2,1-2H3. The molecule has 4 nitrogen and oxygen atoms in total. The van der Waals surface area contributed by atoms with Crippen LogP contribution in [0, 0.1) is 0 Å². The van der Waals surface area contributed by atoms with Crippen molar-refractivity contribution < 1.29 is 12.8 Å². The van der Waals surface area contributed by atoms with Crippen LogP contribution in [0.2, 0.25) is 0 Å². The van der Waals surface area contributed by atoms with E-state index < -0.39 is 9.84 Å². The highest BCUT2D eigenvalue weighted by Crippen LogP contribution is 2.11. The molecule has 0 aliphatic rings. The van der Waals surface area contributed by atoms with Gasteiger partial charge in [0.2, 0.25) is 0 Å². The summed E-state index contributed by atoms with van der Waals surface area (Å²) in [5.74, 6) is 1.90. The first-order chi connectivity index (χ1) is 9.49. The molecule has 0 radical (unpaired) electrons. The Kier molecular flexibility index (Phi) is 4.62. The van der Waals surface area contributed by atoms with Gasteiger partial charge < -0.3 is 9.73 Å². The average molecular weight is 293 g/mol. The zero-order valence-electron chi connectivity index (χ0n) is 11.7. The van der Waals surface area contributed by atoms with Gasteiger partial charge in [-0.15, -0.1) is 0 Å². The first-order valence-corrected chi connectivity index (χ1v) is 8.45. The summed E-state index contributed by atoms with van der Waals surface area (Å²) in [7, 11) is -3.12. The van der Waals surface area contributed by atoms with Gasteiger partial charge in [-0.1, -0.05) is 19.1 Å². The zero-order valence-corrected chi connectivity index (χ0v) is 12.5. The van der Waals surface area contributed by atoms with E-state index in [9.17, 15) is 8.42 Å². The fraction of sp³-hybridized carbons (Fsp3) is 0.333. The Labute approximate surface area is 119 Å². The maximum absolute atomic E-state index is 11.3. The molecule has 2 rings (SSSR count). The second-order valence-corrected chi connectivity index (χ2v) is 6.76. The second kappa shape index (κ2) is 6.24. The molecule has 20 heavy (non-hydrogen) atoms. The third-order valence-corrected chi connectivity index (χ3v) is 4.17. The van der Waals surface area contributed by atoms with E-state index in [2.05, 4.69) is 12.2 Å². The van der Waals surface area contributed by atoms with E-state index in [1.165, 1.54) is 6.26 Å². The van der Waals surface area contributed by atoms with Gasteiger partial charge in [-0.3, -0.25) is 0 Å². The maximum atomic E-state index is 11.3. The Morgan fingerprint density at radius 1 is 1.00 bits per heavy atom. The molecule has 0 atom stereocenters. The number of hydrogen-bond acceptors (Lipinski definition) is 4. The lowest BCUT2D eigenvalue weighted by atomic mass is 10.2. The van der Waals surface area contributed by atoms with Gasteiger partial charge in [0.15, 0.2) is 9.84 Å². The number of aryl methyl sites for hydroxylation is 1. The molecule has 5 heteroatoms.